The molecule has 0 spiro atoms. The first-order chi connectivity index (χ1) is 7.39. The van der Waals surface area contributed by atoms with Crippen LogP contribution in [0, 0.1) is 0 Å². The number of halogens is 2. The van der Waals surface area contributed by atoms with Crippen molar-refractivity contribution in [3.63, 3.8) is 0 Å². The third-order valence-corrected chi connectivity index (χ3v) is 4.24. The van der Waals surface area contributed by atoms with Gasteiger partial charge in [0.1, 0.15) is 0 Å². The van der Waals surface area contributed by atoms with Crippen molar-refractivity contribution < 1.29 is 8.42 Å². The third-order valence-electron chi connectivity index (χ3n) is 2.10. The maximum atomic E-state index is 11.3. The second-order valence-electron chi connectivity index (χ2n) is 3.12. The molecule has 16 heavy (non-hydrogen) atoms. The van der Waals surface area contributed by atoms with E-state index in [1.54, 1.807) is 0 Å². The van der Waals surface area contributed by atoms with Gasteiger partial charge in [0, 0.05) is 27.7 Å². The molecule has 0 aliphatic heterocycles. The van der Waals surface area contributed by atoms with Gasteiger partial charge in [0.05, 0.1) is 9.37 Å². The molecule has 0 atom stereocenters. The normalized spacial score (nSPS) is 11.9. The SMILES string of the molecule is O=c1[nH]cc2cc(S(=O)(=O)Cl)ccc2c1Br. The first kappa shape index (κ1) is 11.6. The maximum absolute atomic E-state index is 11.3. The van der Waals surface area contributed by atoms with Crippen LogP contribution in [0.3, 0.4) is 0 Å². The molecule has 0 aliphatic carbocycles. The van der Waals surface area contributed by atoms with Gasteiger partial charge >= 0.3 is 0 Å². The molecule has 0 radical (unpaired) electrons. The first-order valence-corrected chi connectivity index (χ1v) is 7.25. The number of benzene rings is 1. The highest BCUT2D eigenvalue weighted by atomic mass is 79.9. The van der Waals surface area contributed by atoms with Crippen LogP contribution in [-0.4, -0.2) is 13.4 Å². The Kier molecular flexibility index (Phi) is 2.81. The Balaban J connectivity index is 2.85. The van der Waals surface area contributed by atoms with Crippen LogP contribution in [0.25, 0.3) is 10.8 Å². The van der Waals surface area contributed by atoms with E-state index in [2.05, 4.69) is 20.9 Å². The molecule has 84 valence electrons. The van der Waals surface area contributed by atoms with E-state index >= 15 is 0 Å². The van der Waals surface area contributed by atoms with Crippen LogP contribution in [0.1, 0.15) is 0 Å². The standard InChI is InChI=1S/C9H5BrClNO3S/c10-8-7-2-1-6(16(11,14)15)3-5(7)4-12-9(8)13/h1-4H,(H,12,13). The van der Waals surface area contributed by atoms with Crippen LogP contribution in [0.15, 0.2) is 38.6 Å². The van der Waals surface area contributed by atoms with Gasteiger partial charge in [-0.3, -0.25) is 4.79 Å². The Bertz CT molecular complexity index is 723. The van der Waals surface area contributed by atoms with Crippen LogP contribution >= 0.6 is 26.6 Å². The topological polar surface area (TPSA) is 67.0 Å². The van der Waals surface area contributed by atoms with Crippen molar-refractivity contribution in [2.75, 3.05) is 0 Å². The summed E-state index contributed by atoms with van der Waals surface area (Å²) < 4.78 is 22.6. The zero-order valence-corrected chi connectivity index (χ0v) is 10.9. The summed E-state index contributed by atoms with van der Waals surface area (Å²) in [7, 11) is 1.47. The van der Waals surface area contributed by atoms with Gasteiger partial charge < -0.3 is 4.98 Å². The highest BCUT2D eigenvalue weighted by Crippen LogP contribution is 2.24. The van der Waals surface area contributed by atoms with E-state index in [1.807, 2.05) is 0 Å². The molecule has 0 saturated heterocycles. The van der Waals surface area contributed by atoms with Crippen LogP contribution in [0.4, 0.5) is 0 Å². The van der Waals surface area contributed by atoms with Gasteiger partial charge in [-0.2, -0.15) is 0 Å². The Morgan fingerprint density at radius 3 is 2.62 bits per heavy atom. The van der Waals surface area contributed by atoms with Gasteiger partial charge in [-0.05, 0) is 28.1 Å². The summed E-state index contributed by atoms with van der Waals surface area (Å²) in [5.74, 6) is 0. The summed E-state index contributed by atoms with van der Waals surface area (Å²) >= 11 is 3.13. The molecule has 0 unspecified atom stereocenters. The smallest absolute Gasteiger partial charge is 0.262 e. The predicted octanol–water partition coefficient (Wildman–Crippen LogP) is 2.22. The van der Waals surface area contributed by atoms with E-state index in [4.69, 9.17) is 10.7 Å². The highest BCUT2D eigenvalue weighted by molar-refractivity contribution is 9.10. The molecule has 0 bridgehead atoms. The minimum atomic E-state index is -3.75. The average Bonchev–Trinajstić information content (AvgIpc) is 2.22. The Hall–Kier alpha value is -0.850. The van der Waals surface area contributed by atoms with Gasteiger partial charge in [0.25, 0.3) is 14.6 Å². The summed E-state index contributed by atoms with van der Waals surface area (Å²) in [5, 5.41) is 1.22. The number of pyridine rings is 1. The van der Waals surface area contributed by atoms with Gasteiger partial charge in [-0.1, -0.05) is 6.07 Å². The fourth-order valence-electron chi connectivity index (χ4n) is 1.34. The van der Waals surface area contributed by atoms with E-state index in [9.17, 15) is 13.2 Å². The minimum absolute atomic E-state index is 0.000570. The molecule has 1 aromatic carbocycles. The second-order valence-corrected chi connectivity index (χ2v) is 6.48. The lowest BCUT2D eigenvalue weighted by atomic mass is 10.2. The number of aromatic amines is 1. The Morgan fingerprint density at radius 2 is 2.00 bits per heavy atom. The Labute approximate surface area is 104 Å². The van der Waals surface area contributed by atoms with Crippen molar-refractivity contribution in [1.82, 2.24) is 4.98 Å². The molecule has 1 N–H and O–H groups in total. The fourth-order valence-corrected chi connectivity index (χ4v) is 2.60. The molecule has 2 rings (SSSR count). The number of H-pyrrole nitrogens is 1. The summed E-state index contributed by atoms with van der Waals surface area (Å²) in [6, 6.07) is 4.29. The quantitative estimate of drug-likeness (QED) is 0.819. The van der Waals surface area contributed by atoms with Crippen molar-refractivity contribution in [1.29, 1.82) is 0 Å². The lowest BCUT2D eigenvalue weighted by Crippen LogP contribution is -2.05. The molecule has 2 aromatic rings. The van der Waals surface area contributed by atoms with E-state index in [1.165, 1.54) is 24.4 Å². The van der Waals surface area contributed by atoms with E-state index in [-0.39, 0.29) is 10.5 Å². The van der Waals surface area contributed by atoms with E-state index in [0.717, 1.165) is 0 Å². The average molecular weight is 323 g/mol. The fraction of sp³-hybridized carbons (Fsp3) is 0. The molecular weight excluding hydrogens is 318 g/mol. The lowest BCUT2D eigenvalue weighted by Gasteiger charge is -2.01. The van der Waals surface area contributed by atoms with Gasteiger partial charge in [-0.15, -0.1) is 0 Å². The number of aromatic nitrogens is 1. The molecule has 0 saturated carbocycles. The molecule has 1 heterocycles. The van der Waals surface area contributed by atoms with Crippen LogP contribution < -0.4 is 5.56 Å². The zero-order valence-electron chi connectivity index (χ0n) is 7.70. The van der Waals surface area contributed by atoms with Gasteiger partial charge in [-0.25, -0.2) is 8.42 Å². The number of hydrogen-bond donors (Lipinski definition) is 1. The largest absolute Gasteiger partial charge is 0.328 e. The molecule has 0 fully saturated rings. The molecular formula is C9H5BrClNO3S. The number of rotatable bonds is 1. The summed E-state index contributed by atoms with van der Waals surface area (Å²) in [5.41, 5.74) is -0.269. The van der Waals surface area contributed by atoms with Crippen molar-refractivity contribution in [2.45, 2.75) is 4.90 Å². The predicted molar refractivity (Wildman–Crippen MR) is 65.3 cm³/mol. The van der Waals surface area contributed by atoms with Crippen molar-refractivity contribution in [3.05, 3.63) is 39.2 Å². The highest BCUT2D eigenvalue weighted by Gasteiger charge is 2.11. The number of nitrogens with one attached hydrogen (secondary N) is 1. The molecule has 4 nitrogen and oxygen atoms in total. The number of hydrogen-bond acceptors (Lipinski definition) is 3. The molecule has 1 aromatic heterocycles. The van der Waals surface area contributed by atoms with Crippen LogP contribution in [0.2, 0.25) is 0 Å². The summed E-state index contributed by atoms with van der Waals surface area (Å²) in [6.45, 7) is 0. The summed E-state index contributed by atoms with van der Waals surface area (Å²) in [6.07, 6.45) is 1.44. The second kappa shape index (κ2) is 3.87. The van der Waals surface area contributed by atoms with Gasteiger partial charge in [0.15, 0.2) is 0 Å². The number of fused-ring (bicyclic) bond motifs is 1. The zero-order chi connectivity index (χ0) is 11.9. The van der Waals surface area contributed by atoms with Crippen LogP contribution in [0.5, 0.6) is 0 Å². The van der Waals surface area contributed by atoms with E-state index < -0.39 is 9.05 Å². The summed E-state index contributed by atoms with van der Waals surface area (Å²) in [4.78, 5) is 13.7. The molecule has 7 heteroatoms. The monoisotopic (exact) mass is 321 g/mol. The minimum Gasteiger partial charge on any atom is -0.328 e. The first-order valence-electron chi connectivity index (χ1n) is 4.15. The van der Waals surface area contributed by atoms with Gasteiger partial charge in [0.2, 0.25) is 0 Å². The lowest BCUT2D eigenvalue weighted by molar-refractivity contribution is 0.609. The van der Waals surface area contributed by atoms with E-state index in [0.29, 0.717) is 15.2 Å². The third kappa shape index (κ3) is 2.00. The Morgan fingerprint density at radius 1 is 1.31 bits per heavy atom. The van der Waals surface area contributed by atoms with Crippen molar-refractivity contribution in [3.8, 4) is 0 Å². The molecule has 0 aliphatic rings. The van der Waals surface area contributed by atoms with Crippen molar-refractivity contribution >= 4 is 46.4 Å². The van der Waals surface area contributed by atoms with Crippen molar-refractivity contribution in [2.24, 2.45) is 0 Å². The maximum Gasteiger partial charge on any atom is 0.262 e. The molecule has 0 amide bonds. The van der Waals surface area contributed by atoms with Crippen LogP contribution in [-0.2, 0) is 9.05 Å².